The molecule has 100 valence electrons. The summed E-state index contributed by atoms with van der Waals surface area (Å²) in [6.07, 6.45) is 0. The second-order valence-electron chi connectivity index (χ2n) is 4.75. The average Bonchev–Trinajstić information content (AvgIpc) is 2.40. The molecule has 0 spiro atoms. The van der Waals surface area contributed by atoms with Crippen LogP contribution in [-0.4, -0.2) is 0 Å². The summed E-state index contributed by atoms with van der Waals surface area (Å²) >= 11 is 3.36. The van der Waals surface area contributed by atoms with Gasteiger partial charge in [-0.3, -0.25) is 0 Å². The highest BCUT2D eigenvalue weighted by molar-refractivity contribution is 9.10. The highest BCUT2D eigenvalue weighted by Crippen LogP contribution is 2.18. The maximum Gasteiger partial charge on any atom is 0.127 e. The van der Waals surface area contributed by atoms with Crippen LogP contribution >= 0.6 is 15.9 Å². The van der Waals surface area contributed by atoms with Crippen molar-refractivity contribution in [3.05, 3.63) is 69.4 Å². The van der Waals surface area contributed by atoms with E-state index in [1.165, 1.54) is 17.2 Å². The highest BCUT2D eigenvalue weighted by Gasteiger charge is 2.07. The molecule has 2 aromatic rings. The van der Waals surface area contributed by atoms with Crippen LogP contribution in [0.3, 0.4) is 0 Å². The first kappa shape index (κ1) is 14.2. The van der Waals surface area contributed by atoms with Gasteiger partial charge in [0.25, 0.3) is 0 Å². The monoisotopic (exact) mass is 321 g/mol. The van der Waals surface area contributed by atoms with Gasteiger partial charge in [0, 0.05) is 22.6 Å². The third-order valence-corrected chi connectivity index (χ3v) is 3.68. The van der Waals surface area contributed by atoms with E-state index >= 15 is 0 Å². The molecule has 0 heterocycles. The van der Waals surface area contributed by atoms with Crippen molar-refractivity contribution in [3.8, 4) is 0 Å². The third-order valence-electron chi connectivity index (χ3n) is 3.18. The van der Waals surface area contributed by atoms with Crippen molar-refractivity contribution >= 4 is 15.9 Å². The van der Waals surface area contributed by atoms with Crippen molar-refractivity contribution < 1.29 is 4.39 Å². The van der Waals surface area contributed by atoms with Crippen LogP contribution in [0.5, 0.6) is 0 Å². The van der Waals surface area contributed by atoms with Crippen LogP contribution in [0.25, 0.3) is 0 Å². The van der Waals surface area contributed by atoms with E-state index in [1.54, 1.807) is 6.07 Å². The normalized spacial score (nSPS) is 12.4. The number of benzene rings is 2. The average molecular weight is 322 g/mol. The van der Waals surface area contributed by atoms with E-state index < -0.39 is 0 Å². The Kier molecular flexibility index (Phi) is 4.72. The first-order chi connectivity index (χ1) is 9.06. The maximum atomic E-state index is 13.6. The Bertz CT molecular complexity index is 551. The Morgan fingerprint density at radius 3 is 2.53 bits per heavy atom. The zero-order valence-electron chi connectivity index (χ0n) is 11.1. The van der Waals surface area contributed by atoms with Crippen molar-refractivity contribution in [1.82, 2.24) is 5.32 Å². The van der Waals surface area contributed by atoms with Crippen LogP contribution in [0, 0.1) is 12.7 Å². The smallest absolute Gasteiger partial charge is 0.127 e. The van der Waals surface area contributed by atoms with Gasteiger partial charge in [-0.15, -0.1) is 0 Å². The molecule has 1 N–H and O–H groups in total. The van der Waals surface area contributed by atoms with Crippen molar-refractivity contribution in [2.45, 2.75) is 26.4 Å². The summed E-state index contributed by atoms with van der Waals surface area (Å²) in [5.74, 6) is -0.174. The van der Waals surface area contributed by atoms with Gasteiger partial charge in [0.05, 0.1) is 0 Å². The largest absolute Gasteiger partial charge is 0.306 e. The van der Waals surface area contributed by atoms with Crippen molar-refractivity contribution in [2.24, 2.45) is 0 Å². The Balaban J connectivity index is 2.02. The first-order valence-corrected chi connectivity index (χ1v) is 7.09. The van der Waals surface area contributed by atoms with E-state index in [0.29, 0.717) is 12.1 Å². The number of nitrogens with one attached hydrogen (secondary N) is 1. The third kappa shape index (κ3) is 3.88. The molecular formula is C16H17BrFN. The lowest BCUT2D eigenvalue weighted by molar-refractivity contribution is 0.544. The molecule has 19 heavy (non-hydrogen) atoms. The Morgan fingerprint density at radius 1 is 1.16 bits per heavy atom. The fraction of sp³-hybridized carbons (Fsp3) is 0.250. The van der Waals surface area contributed by atoms with Gasteiger partial charge >= 0.3 is 0 Å². The van der Waals surface area contributed by atoms with E-state index in [4.69, 9.17) is 0 Å². The van der Waals surface area contributed by atoms with E-state index in [1.807, 2.05) is 6.07 Å². The van der Waals surface area contributed by atoms with E-state index in [2.05, 4.69) is 59.4 Å². The molecule has 0 radical (unpaired) electrons. The lowest BCUT2D eigenvalue weighted by Crippen LogP contribution is -2.18. The molecule has 0 saturated heterocycles. The van der Waals surface area contributed by atoms with Crippen molar-refractivity contribution in [2.75, 3.05) is 0 Å². The van der Waals surface area contributed by atoms with Crippen molar-refractivity contribution in [1.29, 1.82) is 0 Å². The van der Waals surface area contributed by atoms with Crippen LogP contribution in [0.1, 0.15) is 29.7 Å². The predicted molar refractivity (Wildman–Crippen MR) is 80.5 cm³/mol. The molecule has 0 aliphatic heterocycles. The molecule has 3 heteroatoms. The first-order valence-electron chi connectivity index (χ1n) is 6.30. The quantitative estimate of drug-likeness (QED) is 0.857. The summed E-state index contributed by atoms with van der Waals surface area (Å²) < 4.78 is 14.5. The Hall–Kier alpha value is -1.19. The Labute approximate surface area is 122 Å². The van der Waals surface area contributed by atoms with Gasteiger partial charge in [-0.25, -0.2) is 4.39 Å². The molecule has 0 saturated carbocycles. The SMILES string of the molecule is Cc1ccc(C(C)NCc2cc(Br)ccc2F)cc1. The van der Waals surface area contributed by atoms with Gasteiger partial charge in [0.15, 0.2) is 0 Å². The second kappa shape index (κ2) is 6.31. The van der Waals surface area contributed by atoms with Gasteiger partial charge in [-0.1, -0.05) is 45.8 Å². The van der Waals surface area contributed by atoms with Crippen molar-refractivity contribution in [3.63, 3.8) is 0 Å². The summed E-state index contributed by atoms with van der Waals surface area (Å²) in [5, 5.41) is 3.34. The maximum absolute atomic E-state index is 13.6. The van der Waals surface area contributed by atoms with Crippen LogP contribution < -0.4 is 5.32 Å². The van der Waals surface area contributed by atoms with Crippen LogP contribution in [0.15, 0.2) is 46.9 Å². The van der Waals surface area contributed by atoms with Crippen LogP contribution in [-0.2, 0) is 6.54 Å². The minimum Gasteiger partial charge on any atom is -0.306 e. The fourth-order valence-electron chi connectivity index (χ4n) is 1.91. The van der Waals surface area contributed by atoms with Gasteiger partial charge in [0.1, 0.15) is 5.82 Å². The number of rotatable bonds is 4. The predicted octanol–water partition coefficient (Wildman–Crippen LogP) is 4.75. The summed E-state index contributed by atoms with van der Waals surface area (Å²) in [6.45, 7) is 4.67. The molecule has 1 nitrogen and oxygen atoms in total. The van der Waals surface area contributed by atoms with Crippen LogP contribution in [0.4, 0.5) is 4.39 Å². The summed E-state index contributed by atoms with van der Waals surface area (Å²) in [4.78, 5) is 0. The summed E-state index contributed by atoms with van der Waals surface area (Å²) in [7, 11) is 0. The van der Waals surface area contributed by atoms with Gasteiger partial charge in [0.2, 0.25) is 0 Å². The highest BCUT2D eigenvalue weighted by atomic mass is 79.9. The molecule has 1 atom stereocenters. The number of hydrogen-bond donors (Lipinski definition) is 1. The van der Waals surface area contributed by atoms with Gasteiger partial charge in [-0.05, 0) is 37.6 Å². The molecule has 0 aliphatic rings. The number of aryl methyl sites for hydroxylation is 1. The molecule has 2 aromatic carbocycles. The van der Waals surface area contributed by atoms with E-state index in [9.17, 15) is 4.39 Å². The topological polar surface area (TPSA) is 12.0 Å². The minimum absolute atomic E-state index is 0.174. The zero-order valence-corrected chi connectivity index (χ0v) is 12.7. The number of halogens is 2. The van der Waals surface area contributed by atoms with E-state index in [0.717, 1.165) is 4.47 Å². The van der Waals surface area contributed by atoms with E-state index in [-0.39, 0.29) is 11.9 Å². The summed E-state index contributed by atoms with van der Waals surface area (Å²) in [5.41, 5.74) is 3.13. The molecule has 0 aliphatic carbocycles. The molecular weight excluding hydrogens is 305 g/mol. The molecule has 1 unspecified atom stereocenters. The Morgan fingerprint density at radius 2 is 1.84 bits per heavy atom. The number of hydrogen-bond acceptors (Lipinski definition) is 1. The molecule has 2 rings (SSSR count). The van der Waals surface area contributed by atoms with Gasteiger partial charge < -0.3 is 5.32 Å². The molecule has 0 fully saturated rings. The zero-order chi connectivity index (χ0) is 13.8. The molecule has 0 amide bonds. The lowest BCUT2D eigenvalue weighted by Gasteiger charge is -2.15. The molecule has 0 aromatic heterocycles. The lowest BCUT2D eigenvalue weighted by atomic mass is 10.1. The second-order valence-corrected chi connectivity index (χ2v) is 5.66. The van der Waals surface area contributed by atoms with Crippen LogP contribution in [0.2, 0.25) is 0 Å². The van der Waals surface area contributed by atoms with Gasteiger partial charge in [-0.2, -0.15) is 0 Å². The standard InChI is InChI=1S/C16H17BrFN/c1-11-3-5-13(6-4-11)12(2)19-10-14-9-15(17)7-8-16(14)18/h3-9,12,19H,10H2,1-2H3. The summed E-state index contributed by atoms with van der Waals surface area (Å²) in [6, 6.07) is 13.6. The fourth-order valence-corrected chi connectivity index (χ4v) is 2.32. The minimum atomic E-state index is -0.174. The molecule has 0 bridgehead atoms.